The van der Waals surface area contributed by atoms with Gasteiger partial charge in [0, 0.05) is 24.9 Å². The number of carbonyl (C=O) groups excluding carboxylic acids is 2. The number of nitrogens with zero attached hydrogens (tertiary/aromatic N) is 1. The van der Waals surface area contributed by atoms with E-state index in [0.717, 1.165) is 24.0 Å². The summed E-state index contributed by atoms with van der Waals surface area (Å²) in [6.07, 6.45) is 3.55. The van der Waals surface area contributed by atoms with E-state index in [1.807, 2.05) is 37.3 Å². The lowest BCUT2D eigenvalue weighted by atomic mass is 9.93. The standard InChI is InChI=1S/C25H30N2O4S/c1-18-11-13-20(14-12-18)32(30,31)27-22-9-5-6-10-24(28)21(22)17-23(27)25(29)26-16-15-19-7-3-2-4-8-19/h2-4,7-8,11-14,21-23H,5-6,9-10,15-17H2,1H3,(H,26,29)/t21-,22-,23-/m0/s1. The first-order chi connectivity index (χ1) is 15.4. The number of hydrogen-bond acceptors (Lipinski definition) is 4. The van der Waals surface area contributed by atoms with Crippen LogP contribution in [0.3, 0.4) is 0 Å². The van der Waals surface area contributed by atoms with E-state index in [1.165, 1.54) is 4.31 Å². The quantitative estimate of drug-likeness (QED) is 0.726. The van der Waals surface area contributed by atoms with E-state index in [9.17, 15) is 18.0 Å². The Morgan fingerprint density at radius 2 is 1.78 bits per heavy atom. The number of aryl methyl sites for hydroxylation is 1. The molecule has 0 unspecified atom stereocenters. The molecule has 2 aromatic carbocycles. The van der Waals surface area contributed by atoms with Gasteiger partial charge >= 0.3 is 0 Å². The molecule has 0 radical (unpaired) electrons. The summed E-state index contributed by atoms with van der Waals surface area (Å²) in [5.41, 5.74) is 2.06. The van der Waals surface area contributed by atoms with Gasteiger partial charge < -0.3 is 5.32 Å². The average Bonchev–Trinajstić information content (AvgIpc) is 3.09. The van der Waals surface area contributed by atoms with Gasteiger partial charge in [0.15, 0.2) is 0 Å². The second-order valence-electron chi connectivity index (χ2n) is 8.81. The van der Waals surface area contributed by atoms with E-state index in [0.29, 0.717) is 25.8 Å². The number of nitrogens with one attached hydrogen (secondary N) is 1. The molecule has 3 atom stereocenters. The summed E-state index contributed by atoms with van der Waals surface area (Å²) in [5.74, 6) is -0.656. The van der Waals surface area contributed by atoms with E-state index in [1.54, 1.807) is 24.3 Å². The summed E-state index contributed by atoms with van der Waals surface area (Å²) in [6, 6.07) is 15.2. The SMILES string of the molecule is Cc1ccc(S(=O)(=O)N2[C@H](C(=O)NCCc3ccccc3)C[C@@H]3C(=O)CCCC[C@@H]32)cc1. The van der Waals surface area contributed by atoms with Crippen LogP contribution in [0.4, 0.5) is 0 Å². The van der Waals surface area contributed by atoms with Gasteiger partial charge in [-0.05, 0) is 50.3 Å². The molecule has 2 aromatic rings. The first kappa shape index (κ1) is 22.7. The van der Waals surface area contributed by atoms with Gasteiger partial charge in [0.05, 0.1) is 4.90 Å². The van der Waals surface area contributed by atoms with Gasteiger partial charge in [-0.2, -0.15) is 4.31 Å². The molecule has 1 saturated carbocycles. The van der Waals surface area contributed by atoms with Crippen LogP contribution in [0.15, 0.2) is 59.5 Å². The Morgan fingerprint density at radius 1 is 1.06 bits per heavy atom. The fourth-order valence-corrected chi connectivity index (χ4v) is 6.76. The fourth-order valence-electron chi connectivity index (χ4n) is 4.92. The number of rotatable bonds is 6. The minimum atomic E-state index is -3.92. The molecule has 1 N–H and O–H groups in total. The third-order valence-corrected chi connectivity index (χ3v) is 8.57. The van der Waals surface area contributed by atoms with E-state index in [2.05, 4.69) is 5.32 Å². The third-order valence-electron chi connectivity index (χ3n) is 6.62. The van der Waals surface area contributed by atoms with Crippen LogP contribution in [0.25, 0.3) is 0 Å². The smallest absolute Gasteiger partial charge is 0.244 e. The molecule has 1 amide bonds. The molecule has 0 spiro atoms. The molecule has 1 saturated heterocycles. The summed E-state index contributed by atoms with van der Waals surface area (Å²) in [7, 11) is -3.92. The average molecular weight is 455 g/mol. The Balaban J connectivity index is 1.59. The maximum atomic E-state index is 13.7. The van der Waals surface area contributed by atoms with Gasteiger partial charge in [-0.3, -0.25) is 9.59 Å². The summed E-state index contributed by atoms with van der Waals surface area (Å²) >= 11 is 0. The summed E-state index contributed by atoms with van der Waals surface area (Å²) in [4.78, 5) is 26.1. The highest BCUT2D eigenvalue weighted by Crippen LogP contribution is 2.40. The lowest BCUT2D eigenvalue weighted by Gasteiger charge is -2.29. The number of benzene rings is 2. The van der Waals surface area contributed by atoms with Gasteiger partial charge in [-0.15, -0.1) is 0 Å². The van der Waals surface area contributed by atoms with E-state index >= 15 is 0 Å². The largest absolute Gasteiger partial charge is 0.354 e. The Labute approximate surface area is 190 Å². The minimum absolute atomic E-state index is 0.0798. The summed E-state index contributed by atoms with van der Waals surface area (Å²) in [6.45, 7) is 2.32. The summed E-state index contributed by atoms with van der Waals surface area (Å²) < 4.78 is 28.7. The van der Waals surface area contributed by atoms with Crippen LogP contribution >= 0.6 is 0 Å². The highest BCUT2D eigenvalue weighted by Gasteiger charge is 2.52. The normalized spacial score (nSPS) is 24.0. The molecule has 32 heavy (non-hydrogen) atoms. The van der Waals surface area contributed by atoms with Crippen LogP contribution in [0.2, 0.25) is 0 Å². The van der Waals surface area contributed by atoms with Crippen molar-refractivity contribution in [3.05, 3.63) is 65.7 Å². The second kappa shape index (κ2) is 9.55. The fraction of sp³-hybridized carbons (Fsp3) is 0.440. The Kier molecular flexibility index (Phi) is 6.76. The molecule has 170 valence electrons. The molecule has 2 aliphatic rings. The third kappa shape index (κ3) is 4.64. The van der Waals surface area contributed by atoms with Crippen molar-refractivity contribution in [3.8, 4) is 0 Å². The van der Waals surface area contributed by atoms with Gasteiger partial charge in [0.25, 0.3) is 0 Å². The molecule has 1 heterocycles. The molecule has 0 bridgehead atoms. The van der Waals surface area contributed by atoms with Crippen molar-refractivity contribution >= 4 is 21.7 Å². The highest BCUT2D eigenvalue weighted by molar-refractivity contribution is 7.89. The highest BCUT2D eigenvalue weighted by atomic mass is 32.2. The molecule has 6 nitrogen and oxygen atoms in total. The van der Waals surface area contributed by atoms with Crippen LogP contribution in [0, 0.1) is 12.8 Å². The van der Waals surface area contributed by atoms with Crippen molar-refractivity contribution in [2.45, 2.75) is 62.4 Å². The Bertz CT molecular complexity index is 1070. The molecule has 1 aliphatic heterocycles. The predicted molar refractivity (Wildman–Crippen MR) is 123 cm³/mol. The van der Waals surface area contributed by atoms with E-state index in [-0.39, 0.29) is 23.0 Å². The molecular weight excluding hydrogens is 424 g/mol. The number of amides is 1. The lowest BCUT2D eigenvalue weighted by molar-refractivity contribution is -0.124. The minimum Gasteiger partial charge on any atom is -0.354 e. The van der Waals surface area contributed by atoms with Gasteiger partial charge in [-0.25, -0.2) is 8.42 Å². The molecule has 7 heteroatoms. The van der Waals surface area contributed by atoms with Crippen molar-refractivity contribution in [1.82, 2.24) is 9.62 Å². The number of ketones is 1. The maximum Gasteiger partial charge on any atom is 0.244 e. The van der Waals surface area contributed by atoms with Crippen LogP contribution in [0.5, 0.6) is 0 Å². The van der Waals surface area contributed by atoms with E-state index < -0.39 is 28.0 Å². The van der Waals surface area contributed by atoms with Crippen LogP contribution < -0.4 is 5.32 Å². The number of carbonyl (C=O) groups is 2. The van der Waals surface area contributed by atoms with Crippen LogP contribution in [-0.2, 0) is 26.0 Å². The van der Waals surface area contributed by atoms with Crippen molar-refractivity contribution in [2.75, 3.05) is 6.54 Å². The topological polar surface area (TPSA) is 83.6 Å². The summed E-state index contributed by atoms with van der Waals surface area (Å²) in [5, 5.41) is 2.92. The van der Waals surface area contributed by atoms with Gasteiger partial charge in [0.1, 0.15) is 11.8 Å². The molecular formula is C25H30N2O4S. The van der Waals surface area contributed by atoms with E-state index in [4.69, 9.17) is 0 Å². The van der Waals surface area contributed by atoms with Crippen molar-refractivity contribution in [3.63, 3.8) is 0 Å². The number of fused-ring (bicyclic) bond motifs is 1. The van der Waals surface area contributed by atoms with Gasteiger partial charge in [-0.1, -0.05) is 54.4 Å². The zero-order valence-electron chi connectivity index (χ0n) is 18.4. The van der Waals surface area contributed by atoms with Crippen molar-refractivity contribution < 1.29 is 18.0 Å². The number of Topliss-reactive ketones (excluding diaryl/α,β-unsaturated/α-hetero) is 1. The number of hydrogen-bond donors (Lipinski definition) is 1. The Morgan fingerprint density at radius 3 is 2.50 bits per heavy atom. The Hall–Kier alpha value is -2.51. The number of sulfonamides is 1. The van der Waals surface area contributed by atoms with Crippen LogP contribution in [-0.4, -0.2) is 43.0 Å². The van der Waals surface area contributed by atoms with Gasteiger partial charge in [0.2, 0.25) is 15.9 Å². The first-order valence-corrected chi connectivity index (χ1v) is 12.8. The zero-order chi connectivity index (χ0) is 22.7. The maximum absolute atomic E-state index is 13.7. The second-order valence-corrected chi connectivity index (χ2v) is 10.7. The molecule has 1 aliphatic carbocycles. The molecule has 0 aromatic heterocycles. The lowest BCUT2D eigenvalue weighted by Crippen LogP contribution is -2.49. The van der Waals surface area contributed by atoms with Crippen LogP contribution in [0.1, 0.15) is 43.2 Å². The molecule has 4 rings (SSSR count). The first-order valence-electron chi connectivity index (χ1n) is 11.3. The van der Waals surface area contributed by atoms with Crippen molar-refractivity contribution in [2.24, 2.45) is 5.92 Å². The predicted octanol–water partition coefficient (Wildman–Crippen LogP) is 3.24. The monoisotopic (exact) mass is 454 g/mol. The zero-order valence-corrected chi connectivity index (χ0v) is 19.2. The molecule has 2 fully saturated rings. The van der Waals surface area contributed by atoms with Crippen molar-refractivity contribution in [1.29, 1.82) is 0 Å².